The van der Waals surface area contributed by atoms with Crippen LogP contribution in [0.2, 0.25) is 0 Å². The topological polar surface area (TPSA) is 15.7 Å². The Morgan fingerprint density at radius 3 is 2.47 bits per heavy atom. The molecule has 0 spiro atoms. The molecule has 4 heteroatoms. The second-order valence-corrected chi connectivity index (χ2v) is 4.67. The minimum atomic E-state index is 0.511. The lowest BCUT2D eigenvalue weighted by molar-refractivity contribution is 0.0606. The van der Waals surface area contributed by atoms with E-state index in [2.05, 4.69) is 23.3 Å². The van der Waals surface area contributed by atoms with Crippen LogP contribution in [0.3, 0.4) is 0 Å². The van der Waals surface area contributed by atoms with Crippen LogP contribution in [0.1, 0.15) is 6.92 Å². The molecule has 1 aliphatic rings. The van der Waals surface area contributed by atoms with Gasteiger partial charge in [-0.25, -0.2) is 0 Å². The molecule has 1 rings (SSSR count). The molecule has 15 heavy (non-hydrogen) atoms. The van der Waals surface area contributed by atoms with Crippen molar-refractivity contribution in [2.75, 3.05) is 46.4 Å². The molecule has 1 fully saturated rings. The normalized spacial score (nSPS) is 21.5. The number of hydrogen-bond donors (Lipinski definition) is 0. The van der Waals surface area contributed by atoms with E-state index in [1.165, 1.54) is 0 Å². The van der Waals surface area contributed by atoms with Gasteiger partial charge in [0.15, 0.2) is 0 Å². The molecule has 0 unspecified atom stereocenters. The van der Waals surface area contributed by atoms with Crippen molar-refractivity contribution in [1.29, 1.82) is 0 Å². The second kappa shape index (κ2) is 6.48. The van der Waals surface area contributed by atoms with Gasteiger partial charge in [0.05, 0.1) is 6.61 Å². The minimum Gasteiger partial charge on any atom is -0.383 e. The van der Waals surface area contributed by atoms with Gasteiger partial charge in [0, 0.05) is 50.9 Å². The first kappa shape index (κ1) is 13.0. The lowest BCUT2D eigenvalue weighted by Gasteiger charge is -2.37. The smallest absolute Gasteiger partial charge is 0.0615 e. The average molecular weight is 233 g/mol. The highest BCUT2D eigenvalue weighted by molar-refractivity contribution is 6.29. The van der Waals surface area contributed by atoms with Crippen molar-refractivity contribution in [2.45, 2.75) is 13.0 Å². The lowest BCUT2D eigenvalue weighted by atomic mass is 10.2. The third-order valence-electron chi connectivity index (χ3n) is 2.83. The number of ether oxygens (including phenoxy) is 1. The summed E-state index contributed by atoms with van der Waals surface area (Å²) in [7, 11) is 1.75. The van der Waals surface area contributed by atoms with Crippen molar-refractivity contribution in [3.8, 4) is 0 Å². The quantitative estimate of drug-likeness (QED) is 0.713. The predicted octanol–water partition coefficient (Wildman–Crippen LogP) is 1.39. The van der Waals surface area contributed by atoms with E-state index in [0.29, 0.717) is 6.04 Å². The van der Waals surface area contributed by atoms with Crippen molar-refractivity contribution in [2.24, 2.45) is 0 Å². The van der Waals surface area contributed by atoms with Gasteiger partial charge in [-0.15, -0.1) is 0 Å². The first-order valence-corrected chi connectivity index (χ1v) is 5.80. The summed E-state index contributed by atoms with van der Waals surface area (Å²) >= 11 is 5.79. The molecule has 88 valence electrons. The van der Waals surface area contributed by atoms with Gasteiger partial charge in [0.25, 0.3) is 0 Å². The Morgan fingerprint density at radius 2 is 2.00 bits per heavy atom. The molecule has 0 amide bonds. The summed E-state index contributed by atoms with van der Waals surface area (Å²) in [4.78, 5) is 4.79. The average Bonchev–Trinajstić information content (AvgIpc) is 2.18. The monoisotopic (exact) mass is 232 g/mol. The predicted molar refractivity (Wildman–Crippen MR) is 64.3 cm³/mol. The van der Waals surface area contributed by atoms with E-state index >= 15 is 0 Å². The van der Waals surface area contributed by atoms with Crippen LogP contribution in [0.4, 0.5) is 0 Å². The van der Waals surface area contributed by atoms with Gasteiger partial charge in [-0.2, -0.15) is 0 Å². The molecular weight excluding hydrogens is 212 g/mol. The molecule has 0 aromatic heterocycles. The molecule has 1 atom stereocenters. The van der Waals surface area contributed by atoms with E-state index < -0.39 is 0 Å². The highest BCUT2D eigenvalue weighted by Gasteiger charge is 2.20. The van der Waals surface area contributed by atoms with E-state index in [1.54, 1.807) is 7.11 Å². The summed E-state index contributed by atoms with van der Waals surface area (Å²) in [6.07, 6.45) is 0. The Morgan fingerprint density at radius 1 is 1.40 bits per heavy atom. The third-order valence-corrected chi connectivity index (χ3v) is 2.95. The molecule has 1 saturated heterocycles. The van der Waals surface area contributed by atoms with Crippen LogP contribution in [-0.4, -0.2) is 62.3 Å². The highest BCUT2D eigenvalue weighted by Crippen LogP contribution is 2.09. The molecule has 1 heterocycles. The SMILES string of the molecule is C=C(Cl)CN1CCN([C@H](C)COC)CC1. The van der Waals surface area contributed by atoms with Gasteiger partial charge >= 0.3 is 0 Å². The Bertz CT molecular complexity index is 203. The van der Waals surface area contributed by atoms with E-state index in [0.717, 1.165) is 44.4 Å². The van der Waals surface area contributed by atoms with Crippen LogP contribution in [0.15, 0.2) is 11.6 Å². The molecule has 0 saturated carbocycles. The van der Waals surface area contributed by atoms with Crippen LogP contribution in [0.5, 0.6) is 0 Å². The standard InChI is InChI=1S/C11H21ClN2O/c1-10(12)8-13-4-6-14(7-5-13)11(2)9-15-3/h11H,1,4-9H2,2-3H3/t11-/m1/s1. The molecular formula is C11H21ClN2O. The zero-order chi connectivity index (χ0) is 11.3. The number of methoxy groups -OCH3 is 1. The molecule has 0 N–H and O–H groups in total. The fraction of sp³-hybridized carbons (Fsp3) is 0.818. The van der Waals surface area contributed by atoms with Gasteiger partial charge in [-0.05, 0) is 6.92 Å². The Kier molecular flexibility index (Phi) is 5.61. The van der Waals surface area contributed by atoms with Gasteiger partial charge in [0.2, 0.25) is 0 Å². The van der Waals surface area contributed by atoms with Crippen LogP contribution in [-0.2, 0) is 4.74 Å². The summed E-state index contributed by atoms with van der Waals surface area (Å²) < 4.78 is 5.16. The fourth-order valence-corrected chi connectivity index (χ4v) is 2.12. The summed E-state index contributed by atoms with van der Waals surface area (Å²) in [6, 6.07) is 0.511. The first-order valence-electron chi connectivity index (χ1n) is 5.42. The van der Waals surface area contributed by atoms with Gasteiger partial charge < -0.3 is 4.74 Å². The molecule has 0 aromatic carbocycles. The van der Waals surface area contributed by atoms with Crippen LogP contribution >= 0.6 is 11.6 Å². The Balaban J connectivity index is 2.26. The first-order chi connectivity index (χ1) is 7.13. The number of halogens is 1. The largest absolute Gasteiger partial charge is 0.383 e. The summed E-state index contributed by atoms with van der Waals surface area (Å²) in [5.74, 6) is 0. The second-order valence-electron chi connectivity index (χ2n) is 4.13. The molecule has 3 nitrogen and oxygen atoms in total. The summed E-state index contributed by atoms with van der Waals surface area (Å²) in [5.41, 5.74) is 0. The maximum atomic E-state index is 5.79. The summed E-state index contributed by atoms with van der Waals surface area (Å²) in [6.45, 7) is 11.9. The fourth-order valence-electron chi connectivity index (χ4n) is 1.95. The third kappa shape index (κ3) is 4.51. The number of hydrogen-bond acceptors (Lipinski definition) is 3. The van der Waals surface area contributed by atoms with E-state index in [4.69, 9.17) is 16.3 Å². The number of nitrogens with zero attached hydrogens (tertiary/aromatic N) is 2. The highest BCUT2D eigenvalue weighted by atomic mass is 35.5. The number of rotatable bonds is 5. The zero-order valence-corrected chi connectivity index (χ0v) is 10.5. The van der Waals surface area contributed by atoms with E-state index in [9.17, 15) is 0 Å². The van der Waals surface area contributed by atoms with Crippen LogP contribution < -0.4 is 0 Å². The maximum Gasteiger partial charge on any atom is 0.0615 e. The van der Waals surface area contributed by atoms with Crippen molar-refractivity contribution in [3.05, 3.63) is 11.6 Å². The Hall–Kier alpha value is -0.0900. The van der Waals surface area contributed by atoms with Crippen molar-refractivity contribution in [3.63, 3.8) is 0 Å². The maximum absolute atomic E-state index is 5.79. The van der Waals surface area contributed by atoms with Crippen LogP contribution in [0.25, 0.3) is 0 Å². The Labute approximate surface area is 97.6 Å². The van der Waals surface area contributed by atoms with Crippen molar-refractivity contribution in [1.82, 2.24) is 9.80 Å². The van der Waals surface area contributed by atoms with Gasteiger partial charge in [-0.3, -0.25) is 9.80 Å². The van der Waals surface area contributed by atoms with E-state index in [-0.39, 0.29) is 0 Å². The van der Waals surface area contributed by atoms with Crippen LogP contribution in [0, 0.1) is 0 Å². The molecule has 0 radical (unpaired) electrons. The molecule has 0 aliphatic carbocycles. The number of piperazine rings is 1. The molecule has 0 aromatic rings. The van der Waals surface area contributed by atoms with Crippen molar-refractivity contribution < 1.29 is 4.74 Å². The summed E-state index contributed by atoms with van der Waals surface area (Å²) in [5, 5.41) is 0.730. The molecule has 0 bridgehead atoms. The van der Waals surface area contributed by atoms with Crippen molar-refractivity contribution >= 4 is 11.6 Å². The van der Waals surface area contributed by atoms with Gasteiger partial charge in [0.1, 0.15) is 0 Å². The minimum absolute atomic E-state index is 0.511. The lowest BCUT2D eigenvalue weighted by Crippen LogP contribution is -2.50. The van der Waals surface area contributed by atoms with Gasteiger partial charge in [-0.1, -0.05) is 18.2 Å². The zero-order valence-electron chi connectivity index (χ0n) is 9.71. The molecule has 1 aliphatic heterocycles. The van der Waals surface area contributed by atoms with E-state index in [1.807, 2.05) is 0 Å².